The molecule has 77 heavy (non-hydrogen) atoms. The predicted molar refractivity (Wildman–Crippen MR) is 304 cm³/mol. The molecule has 0 spiro atoms. The van der Waals surface area contributed by atoms with Crippen LogP contribution in [0.15, 0.2) is 285 Å². The molecule has 2 aliphatic rings. The standard InChI is InChI=1S/C69H53F6NO/c1-6-14-53(51-26-32-55(71)33-27-51)44-45(4)48-22-24-49(25-23-48)50-30-36-57(37-31-50)76-43-42-63-61(40-41-64(76)59(15-7-2)52-28-34-56(72)35-29-52)60-18-12-13-19-62(60)69(63,54-16-10-9-11-17-54)68(75)67(66(74)65(73)46(5)70)77-58-38-20-47(8-3)21-39-58/h6-45,64H,2-3,5H2,1,4H3/b14-6-,41-40-,43-42+,53-44+,59-15-,66-65-,68-67+. The summed E-state index contributed by atoms with van der Waals surface area (Å²) in [5.41, 5.74) is 7.97. The maximum absolute atomic E-state index is 18.9. The first-order chi connectivity index (χ1) is 37.4. The molecule has 0 amide bonds. The SMILES string of the molecule is C=C/C=C(/c1ccc(F)cc1)C1/C=C\C2=C(/C=C/N1c1ccc(-c3ccc(C(C)/C=C(\C=C/C)c4ccc(F)cc4)cc3)cc1)C(/C(F)=C(Oc1ccc(C=C)cc1)/C(F)=C(/F)C(=C)F)(c1ccccc1)c1ccccc12. The summed E-state index contributed by atoms with van der Waals surface area (Å²) in [6.45, 7) is 14.8. The summed E-state index contributed by atoms with van der Waals surface area (Å²) in [5.74, 6) is -8.83. The van der Waals surface area contributed by atoms with Gasteiger partial charge in [0.2, 0.25) is 5.83 Å². The number of nitrogens with zero attached hydrogens (tertiary/aromatic N) is 1. The molecule has 3 atom stereocenters. The van der Waals surface area contributed by atoms with E-state index < -0.39 is 46.3 Å². The molecule has 0 fully saturated rings. The van der Waals surface area contributed by atoms with Crippen molar-refractivity contribution in [3.8, 4) is 16.9 Å². The summed E-state index contributed by atoms with van der Waals surface area (Å²) < 4.78 is 100. The summed E-state index contributed by atoms with van der Waals surface area (Å²) in [5, 5.41) is 0. The van der Waals surface area contributed by atoms with Gasteiger partial charge in [-0.05, 0) is 140 Å². The lowest BCUT2D eigenvalue weighted by Crippen LogP contribution is -2.33. The maximum atomic E-state index is 18.9. The Balaban J connectivity index is 1.20. The van der Waals surface area contributed by atoms with Gasteiger partial charge in [0.1, 0.15) is 22.8 Å². The van der Waals surface area contributed by atoms with Crippen molar-refractivity contribution in [3.05, 3.63) is 336 Å². The van der Waals surface area contributed by atoms with Gasteiger partial charge in [-0.1, -0.05) is 203 Å². The van der Waals surface area contributed by atoms with Gasteiger partial charge in [0.05, 0.1) is 6.04 Å². The minimum atomic E-state index is -2.02. The van der Waals surface area contributed by atoms with E-state index in [2.05, 4.69) is 57.0 Å². The highest BCUT2D eigenvalue weighted by molar-refractivity contribution is 5.93. The zero-order chi connectivity index (χ0) is 54.2. The fourth-order valence-corrected chi connectivity index (χ4v) is 10.1. The van der Waals surface area contributed by atoms with Gasteiger partial charge in [-0.3, -0.25) is 0 Å². The third kappa shape index (κ3) is 10.7. The molecule has 1 aliphatic heterocycles. The summed E-state index contributed by atoms with van der Waals surface area (Å²) >= 11 is 0. The number of hydrogen-bond donors (Lipinski definition) is 0. The average Bonchev–Trinajstić information content (AvgIpc) is 4.02. The number of rotatable bonds is 16. The van der Waals surface area contributed by atoms with Crippen molar-refractivity contribution in [1.29, 1.82) is 0 Å². The van der Waals surface area contributed by atoms with Crippen LogP contribution in [0.2, 0.25) is 0 Å². The van der Waals surface area contributed by atoms with E-state index in [0.717, 1.165) is 39.1 Å². The highest BCUT2D eigenvalue weighted by Gasteiger charge is 2.51. The first-order valence-corrected chi connectivity index (χ1v) is 25.0. The number of fused-ring (bicyclic) bond motifs is 2. The first-order valence-electron chi connectivity index (χ1n) is 25.0. The van der Waals surface area contributed by atoms with E-state index in [9.17, 15) is 13.2 Å². The molecule has 1 aliphatic carbocycles. The van der Waals surface area contributed by atoms with Gasteiger partial charge in [-0.25, -0.2) is 22.0 Å². The van der Waals surface area contributed by atoms with E-state index in [1.807, 2.05) is 84.8 Å². The molecule has 0 aromatic heterocycles. The van der Waals surface area contributed by atoms with Gasteiger partial charge in [-0.15, -0.1) is 0 Å². The molecular formula is C69H53F6NO. The molecule has 0 saturated carbocycles. The van der Waals surface area contributed by atoms with Crippen molar-refractivity contribution in [2.45, 2.75) is 31.2 Å². The van der Waals surface area contributed by atoms with Gasteiger partial charge in [0, 0.05) is 11.9 Å². The van der Waals surface area contributed by atoms with E-state index in [1.165, 1.54) is 36.4 Å². The third-order valence-corrected chi connectivity index (χ3v) is 13.8. The Kier molecular flexibility index (Phi) is 15.9. The lowest BCUT2D eigenvalue weighted by atomic mass is 9.69. The second-order valence-electron chi connectivity index (χ2n) is 18.5. The van der Waals surface area contributed by atoms with Crippen LogP contribution in [0.25, 0.3) is 33.9 Å². The normalized spacial score (nSPS) is 18.3. The number of halogens is 6. The Morgan fingerprint density at radius 3 is 1.90 bits per heavy atom. The summed E-state index contributed by atoms with van der Waals surface area (Å²) in [6.07, 6.45) is 18.7. The number of ether oxygens (including phenoxy) is 1. The molecule has 1 heterocycles. The molecule has 3 unspecified atom stereocenters. The van der Waals surface area contributed by atoms with Crippen molar-refractivity contribution in [2.75, 3.05) is 4.90 Å². The van der Waals surface area contributed by atoms with Crippen molar-refractivity contribution in [3.63, 3.8) is 0 Å². The molecule has 9 rings (SSSR count). The highest BCUT2D eigenvalue weighted by Crippen LogP contribution is 2.58. The van der Waals surface area contributed by atoms with E-state index in [4.69, 9.17) is 4.74 Å². The number of allylic oxidation sites excluding steroid dienone is 14. The lowest BCUT2D eigenvalue weighted by Gasteiger charge is -2.35. The molecule has 2 nitrogen and oxygen atoms in total. The molecule has 0 saturated heterocycles. The van der Waals surface area contributed by atoms with Crippen LogP contribution in [0.5, 0.6) is 5.75 Å². The minimum absolute atomic E-state index is 0.0408. The van der Waals surface area contributed by atoms with Crippen molar-refractivity contribution >= 4 is 28.5 Å². The molecular weight excluding hydrogens is 973 g/mol. The van der Waals surface area contributed by atoms with E-state index >= 15 is 13.2 Å². The fraction of sp³-hybridized carbons (Fsp3) is 0.0725. The summed E-state index contributed by atoms with van der Waals surface area (Å²) in [4.78, 5) is 2.00. The van der Waals surface area contributed by atoms with Crippen molar-refractivity contribution < 1.29 is 31.1 Å². The van der Waals surface area contributed by atoms with Crippen LogP contribution in [-0.4, -0.2) is 6.04 Å². The van der Waals surface area contributed by atoms with Crippen LogP contribution in [0.3, 0.4) is 0 Å². The van der Waals surface area contributed by atoms with E-state index in [1.54, 1.807) is 97.1 Å². The maximum Gasteiger partial charge on any atom is 0.207 e. The molecule has 7 aromatic rings. The Hall–Kier alpha value is -9.14. The highest BCUT2D eigenvalue weighted by atomic mass is 19.2. The predicted octanol–water partition coefficient (Wildman–Crippen LogP) is 19.2. The van der Waals surface area contributed by atoms with Crippen LogP contribution in [0.1, 0.15) is 58.7 Å². The minimum Gasteiger partial charge on any atom is -0.451 e. The van der Waals surface area contributed by atoms with Gasteiger partial charge < -0.3 is 9.64 Å². The molecule has 382 valence electrons. The zero-order valence-electron chi connectivity index (χ0n) is 42.4. The fourth-order valence-electron chi connectivity index (χ4n) is 10.1. The monoisotopic (exact) mass is 1030 g/mol. The topological polar surface area (TPSA) is 12.5 Å². The van der Waals surface area contributed by atoms with Crippen LogP contribution < -0.4 is 9.64 Å². The smallest absolute Gasteiger partial charge is 0.207 e. The van der Waals surface area contributed by atoms with E-state index in [-0.39, 0.29) is 17.5 Å². The third-order valence-electron chi connectivity index (χ3n) is 13.8. The van der Waals surface area contributed by atoms with Crippen LogP contribution in [0.4, 0.5) is 32.0 Å². The summed E-state index contributed by atoms with van der Waals surface area (Å²) in [7, 11) is 0. The first kappa shape index (κ1) is 52.7. The number of anilines is 1. The molecule has 8 heteroatoms. The molecule has 0 radical (unpaired) electrons. The molecule has 0 bridgehead atoms. The van der Waals surface area contributed by atoms with Gasteiger partial charge >= 0.3 is 0 Å². The number of hydrogen-bond acceptors (Lipinski definition) is 2. The quantitative estimate of drug-likeness (QED) is 0.0543. The van der Waals surface area contributed by atoms with Crippen molar-refractivity contribution in [2.24, 2.45) is 0 Å². The Morgan fingerprint density at radius 2 is 1.29 bits per heavy atom. The average molecular weight is 1030 g/mol. The Morgan fingerprint density at radius 1 is 0.675 bits per heavy atom. The zero-order valence-corrected chi connectivity index (χ0v) is 42.4. The lowest BCUT2D eigenvalue weighted by molar-refractivity contribution is 0.345. The van der Waals surface area contributed by atoms with E-state index in [0.29, 0.717) is 39.0 Å². The van der Waals surface area contributed by atoms with Gasteiger partial charge in [0.25, 0.3) is 0 Å². The summed E-state index contributed by atoms with van der Waals surface area (Å²) in [6, 6.07) is 50.2. The van der Waals surface area contributed by atoms with Crippen LogP contribution in [0, 0.1) is 11.6 Å². The Bertz CT molecular complexity index is 3600. The van der Waals surface area contributed by atoms with Crippen LogP contribution >= 0.6 is 0 Å². The second-order valence-corrected chi connectivity index (χ2v) is 18.5. The Labute approximate surface area is 446 Å². The molecule has 7 aromatic carbocycles. The van der Waals surface area contributed by atoms with Gasteiger partial charge in [-0.2, -0.15) is 4.39 Å². The van der Waals surface area contributed by atoms with Gasteiger partial charge in [0.15, 0.2) is 23.2 Å². The largest absolute Gasteiger partial charge is 0.451 e. The van der Waals surface area contributed by atoms with Crippen LogP contribution in [-0.2, 0) is 5.41 Å². The van der Waals surface area contributed by atoms with Crippen molar-refractivity contribution in [1.82, 2.24) is 0 Å². The number of benzene rings is 7. The molecule has 0 N–H and O–H groups in total. The second kappa shape index (κ2) is 23.2.